The predicted molar refractivity (Wildman–Crippen MR) is 141 cm³/mol. The van der Waals surface area contributed by atoms with E-state index in [1.54, 1.807) is 0 Å². The van der Waals surface area contributed by atoms with E-state index in [1.807, 2.05) is 36.4 Å². The lowest BCUT2D eigenvalue weighted by Crippen LogP contribution is -2.36. The molecule has 1 heterocycles. The molecule has 0 spiro atoms. The molecule has 0 amide bonds. The number of hydrogen-bond acceptors (Lipinski definition) is 3. The summed E-state index contributed by atoms with van der Waals surface area (Å²) in [4.78, 5) is 10.0. The molecule has 1 unspecified atom stereocenters. The molecule has 0 bridgehead atoms. The Morgan fingerprint density at radius 3 is 1.62 bits per heavy atom. The highest BCUT2D eigenvalue weighted by Gasteiger charge is 2.22. The van der Waals surface area contributed by atoms with Crippen LogP contribution >= 0.6 is 0 Å². The van der Waals surface area contributed by atoms with E-state index in [2.05, 4.69) is 96.3 Å². The highest BCUT2D eigenvalue weighted by Crippen LogP contribution is 2.32. The minimum atomic E-state index is -0.305. The molecule has 5 aromatic rings. The number of aliphatic imine (C=N–C) groups is 2. The standard InChI is InChI=1S/C31H23N3/c1-4-12-22(13-5-1)25-20-21-28(27-19-11-10-18-26(25)27)31-33-29(23-14-6-2-7-15-23)32-30(34-31)24-16-8-3-9-17-24/h1-21,29H,(H,32,33,34). The predicted octanol–water partition coefficient (Wildman–Crippen LogP) is 7.00. The van der Waals surface area contributed by atoms with Crippen LogP contribution in [0.1, 0.15) is 22.9 Å². The Hall–Kier alpha value is -4.50. The summed E-state index contributed by atoms with van der Waals surface area (Å²) < 4.78 is 0. The van der Waals surface area contributed by atoms with Crippen LogP contribution in [0.3, 0.4) is 0 Å². The molecule has 0 fully saturated rings. The fraction of sp³-hybridized carbons (Fsp3) is 0.0323. The summed E-state index contributed by atoms with van der Waals surface area (Å²) in [5.41, 5.74) is 5.60. The van der Waals surface area contributed by atoms with Gasteiger partial charge < -0.3 is 5.32 Å². The average Bonchev–Trinajstić information content (AvgIpc) is 2.93. The van der Waals surface area contributed by atoms with E-state index in [4.69, 9.17) is 9.98 Å². The normalized spacial score (nSPS) is 15.4. The maximum Gasteiger partial charge on any atom is 0.169 e. The van der Waals surface area contributed by atoms with E-state index in [1.165, 1.54) is 16.5 Å². The van der Waals surface area contributed by atoms with E-state index in [0.717, 1.165) is 33.7 Å². The Bertz CT molecular complexity index is 1500. The van der Waals surface area contributed by atoms with Gasteiger partial charge in [0.2, 0.25) is 0 Å². The minimum Gasteiger partial charge on any atom is -0.324 e. The molecule has 6 rings (SSSR count). The molecule has 0 radical (unpaired) electrons. The summed E-state index contributed by atoms with van der Waals surface area (Å²) in [7, 11) is 0. The van der Waals surface area contributed by atoms with Gasteiger partial charge in [-0.1, -0.05) is 127 Å². The monoisotopic (exact) mass is 437 g/mol. The van der Waals surface area contributed by atoms with Crippen molar-refractivity contribution in [3.63, 3.8) is 0 Å². The molecule has 1 atom stereocenters. The zero-order valence-corrected chi connectivity index (χ0v) is 18.6. The van der Waals surface area contributed by atoms with Crippen molar-refractivity contribution in [1.29, 1.82) is 0 Å². The van der Waals surface area contributed by atoms with Crippen molar-refractivity contribution >= 4 is 22.4 Å². The zero-order chi connectivity index (χ0) is 22.7. The summed E-state index contributed by atoms with van der Waals surface area (Å²) in [6.07, 6.45) is -0.305. The maximum absolute atomic E-state index is 5.07. The number of hydrogen-bond donors (Lipinski definition) is 1. The third-order valence-electron chi connectivity index (χ3n) is 6.15. The quantitative estimate of drug-likeness (QED) is 0.323. The summed E-state index contributed by atoms with van der Waals surface area (Å²) in [6, 6.07) is 43.9. The van der Waals surface area contributed by atoms with Crippen molar-refractivity contribution in [3.8, 4) is 11.1 Å². The van der Waals surface area contributed by atoms with Gasteiger partial charge in [-0.3, -0.25) is 0 Å². The Morgan fingerprint density at radius 2 is 0.941 bits per heavy atom. The summed E-state index contributed by atoms with van der Waals surface area (Å²) in [5, 5.41) is 5.90. The van der Waals surface area contributed by atoms with E-state index >= 15 is 0 Å². The topological polar surface area (TPSA) is 36.8 Å². The largest absolute Gasteiger partial charge is 0.324 e. The van der Waals surface area contributed by atoms with Gasteiger partial charge in [0.15, 0.2) is 6.17 Å². The van der Waals surface area contributed by atoms with Gasteiger partial charge in [-0.2, -0.15) is 0 Å². The van der Waals surface area contributed by atoms with Crippen molar-refractivity contribution in [1.82, 2.24) is 5.32 Å². The van der Waals surface area contributed by atoms with Crippen LogP contribution in [0, 0.1) is 0 Å². The van der Waals surface area contributed by atoms with E-state index in [0.29, 0.717) is 0 Å². The van der Waals surface area contributed by atoms with Crippen LogP contribution in [0.4, 0.5) is 0 Å². The molecule has 0 saturated carbocycles. The van der Waals surface area contributed by atoms with Crippen LogP contribution in [0.5, 0.6) is 0 Å². The highest BCUT2D eigenvalue weighted by atomic mass is 15.2. The van der Waals surface area contributed by atoms with Crippen molar-refractivity contribution < 1.29 is 0 Å². The SMILES string of the molecule is c1ccc(C2=NC(c3ccccc3)N=C(c3ccc(-c4ccccc4)c4ccccc34)N2)cc1. The van der Waals surface area contributed by atoms with E-state index in [-0.39, 0.29) is 6.17 Å². The first kappa shape index (κ1) is 20.1. The second-order valence-electron chi connectivity index (χ2n) is 8.30. The van der Waals surface area contributed by atoms with Crippen LogP contribution in [0.2, 0.25) is 0 Å². The third-order valence-corrected chi connectivity index (χ3v) is 6.15. The third kappa shape index (κ3) is 3.78. The molecule has 1 aliphatic rings. The van der Waals surface area contributed by atoms with Gasteiger partial charge in [0.25, 0.3) is 0 Å². The van der Waals surface area contributed by atoms with Crippen LogP contribution < -0.4 is 5.32 Å². The van der Waals surface area contributed by atoms with E-state index in [9.17, 15) is 0 Å². The molecule has 0 aliphatic carbocycles. The molecule has 34 heavy (non-hydrogen) atoms. The van der Waals surface area contributed by atoms with Crippen LogP contribution in [0.25, 0.3) is 21.9 Å². The first-order chi connectivity index (χ1) is 16.9. The molecule has 162 valence electrons. The lowest BCUT2D eigenvalue weighted by atomic mass is 9.94. The number of fused-ring (bicyclic) bond motifs is 1. The first-order valence-electron chi connectivity index (χ1n) is 11.5. The van der Waals surface area contributed by atoms with E-state index < -0.39 is 0 Å². The van der Waals surface area contributed by atoms with Crippen molar-refractivity contribution in [2.45, 2.75) is 6.17 Å². The Labute approximate surface area is 199 Å². The molecule has 1 aliphatic heterocycles. The Morgan fingerprint density at radius 1 is 0.441 bits per heavy atom. The Balaban J connectivity index is 1.51. The number of rotatable bonds is 4. The van der Waals surface area contributed by atoms with Gasteiger partial charge in [0.1, 0.15) is 11.7 Å². The van der Waals surface area contributed by atoms with Gasteiger partial charge >= 0.3 is 0 Å². The fourth-order valence-electron chi connectivity index (χ4n) is 4.48. The summed E-state index contributed by atoms with van der Waals surface area (Å²) >= 11 is 0. The summed E-state index contributed by atoms with van der Waals surface area (Å²) in [6.45, 7) is 0. The highest BCUT2D eigenvalue weighted by molar-refractivity contribution is 6.21. The molecular formula is C31H23N3. The van der Waals surface area contributed by atoms with Crippen LogP contribution in [0.15, 0.2) is 137 Å². The minimum absolute atomic E-state index is 0.305. The fourth-order valence-corrected chi connectivity index (χ4v) is 4.48. The second kappa shape index (κ2) is 8.80. The lowest BCUT2D eigenvalue weighted by Gasteiger charge is -2.23. The van der Waals surface area contributed by atoms with Crippen molar-refractivity contribution in [2.75, 3.05) is 0 Å². The smallest absolute Gasteiger partial charge is 0.169 e. The molecule has 0 aromatic heterocycles. The maximum atomic E-state index is 5.07. The molecule has 1 N–H and O–H groups in total. The molecule has 3 nitrogen and oxygen atoms in total. The van der Waals surface area contributed by atoms with Crippen LogP contribution in [-0.4, -0.2) is 11.7 Å². The van der Waals surface area contributed by atoms with Crippen molar-refractivity contribution in [3.05, 3.63) is 144 Å². The Kier molecular flexibility index (Phi) is 5.21. The summed E-state index contributed by atoms with van der Waals surface area (Å²) in [5.74, 6) is 1.66. The van der Waals surface area contributed by atoms with Gasteiger partial charge in [0, 0.05) is 11.1 Å². The van der Waals surface area contributed by atoms with Gasteiger partial charge in [-0.15, -0.1) is 0 Å². The first-order valence-corrected chi connectivity index (χ1v) is 11.5. The number of amidine groups is 2. The van der Waals surface area contributed by atoms with Gasteiger partial charge in [0.05, 0.1) is 0 Å². The van der Waals surface area contributed by atoms with Gasteiger partial charge in [-0.25, -0.2) is 9.98 Å². The number of nitrogens with one attached hydrogen (secondary N) is 1. The zero-order valence-electron chi connectivity index (χ0n) is 18.6. The van der Waals surface area contributed by atoms with Gasteiger partial charge in [-0.05, 0) is 27.5 Å². The second-order valence-corrected chi connectivity index (χ2v) is 8.30. The number of nitrogens with zero attached hydrogens (tertiary/aromatic N) is 2. The van der Waals surface area contributed by atoms with Crippen LogP contribution in [-0.2, 0) is 0 Å². The molecular weight excluding hydrogens is 414 g/mol. The lowest BCUT2D eigenvalue weighted by molar-refractivity contribution is 0.756. The number of benzene rings is 5. The average molecular weight is 438 g/mol. The molecule has 5 aromatic carbocycles. The molecule has 3 heteroatoms. The molecule has 0 saturated heterocycles. The van der Waals surface area contributed by atoms with Crippen molar-refractivity contribution in [2.24, 2.45) is 9.98 Å².